The molecule has 1 aromatic carbocycles. The van der Waals surface area contributed by atoms with Crippen molar-refractivity contribution in [3.8, 4) is 6.07 Å². The first-order valence-corrected chi connectivity index (χ1v) is 5.58. The van der Waals surface area contributed by atoms with Gasteiger partial charge in [0.2, 0.25) is 6.10 Å². The fraction of sp³-hybridized carbons (Fsp3) is 0.385. The van der Waals surface area contributed by atoms with Crippen LogP contribution in [-0.2, 0) is 9.53 Å². The zero-order valence-electron chi connectivity index (χ0n) is 10.0. The van der Waals surface area contributed by atoms with Gasteiger partial charge < -0.3 is 4.74 Å². The molecule has 0 saturated heterocycles. The molecule has 0 amide bonds. The first-order chi connectivity index (χ1) is 7.84. The minimum Gasteiger partial charge on any atom is -0.442 e. The van der Waals surface area contributed by atoms with Crippen LogP contribution in [0.2, 0.25) is 5.02 Å². The minimum atomic E-state index is -0.890. The van der Waals surface area contributed by atoms with Crippen LogP contribution in [0.3, 0.4) is 0 Å². The Kier molecular flexibility index (Phi) is 4.14. The van der Waals surface area contributed by atoms with Crippen molar-refractivity contribution in [2.75, 3.05) is 0 Å². The van der Waals surface area contributed by atoms with Gasteiger partial charge in [-0.05, 0) is 32.9 Å². The maximum atomic E-state index is 11.7. The Morgan fingerprint density at radius 2 is 1.88 bits per heavy atom. The fourth-order valence-corrected chi connectivity index (χ4v) is 1.22. The number of nitriles is 1. The van der Waals surface area contributed by atoms with Gasteiger partial charge in [-0.15, -0.1) is 0 Å². The van der Waals surface area contributed by atoms with Crippen LogP contribution in [-0.4, -0.2) is 5.97 Å². The second-order valence-electron chi connectivity index (χ2n) is 4.72. The van der Waals surface area contributed by atoms with Crippen molar-refractivity contribution in [2.45, 2.75) is 26.9 Å². The molecular formula is C13H14ClNO2. The lowest BCUT2D eigenvalue weighted by Crippen LogP contribution is -2.24. The van der Waals surface area contributed by atoms with Crippen molar-refractivity contribution in [1.29, 1.82) is 5.26 Å². The van der Waals surface area contributed by atoms with Gasteiger partial charge in [0.1, 0.15) is 6.07 Å². The van der Waals surface area contributed by atoms with Gasteiger partial charge in [0, 0.05) is 10.6 Å². The summed E-state index contributed by atoms with van der Waals surface area (Å²) in [6, 6.07) is 8.62. The zero-order valence-corrected chi connectivity index (χ0v) is 10.8. The number of nitrogens with zero attached hydrogens (tertiary/aromatic N) is 1. The average Bonchev–Trinajstić information content (AvgIpc) is 2.25. The largest absolute Gasteiger partial charge is 0.442 e. The van der Waals surface area contributed by atoms with Gasteiger partial charge in [-0.3, -0.25) is 4.79 Å². The zero-order chi connectivity index (χ0) is 13.1. The number of hydrogen-bond donors (Lipinski definition) is 0. The maximum Gasteiger partial charge on any atom is 0.312 e. The van der Waals surface area contributed by atoms with Crippen LogP contribution in [0.15, 0.2) is 24.3 Å². The van der Waals surface area contributed by atoms with E-state index < -0.39 is 17.5 Å². The Morgan fingerprint density at radius 1 is 1.35 bits per heavy atom. The molecule has 0 bridgehead atoms. The third-order valence-corrected chi connectivity index (χ3v) is 2.38. The van der Waals surface area contributed by atoms with Crippen molar-refractivity contribution in [1.82, 2.24) is 0 Å². The Morgan fingerprint density at radius 3 is 2.29 bits per heavy atom. The number of esters is 1. The highest BCUT2D eigenvalue weighted by Gasteiger charge is 2.26. The van der Waals surface area contributed by atoms with E-state index in [1.807, 2.05) is 6.07 Å². The normalized spacial score (nSPS) is 12.6. The van der Waals surface area contributed by atoms with Gasteiger partial charge in [-0.25, -0.2) is 0 Å². The van der Waals surface area contributed by atoms with Crippen molar-refractivity contribution >= 4 is 17.6 Å². The molecule has 17 heavy (non-hydrogen) atoms. The summed E-state index contributed by atoms with van der Waals surface area (Å²) < 4.78 is 5.15. The van der Waals surface area contributed by atoms with Crippen molar-refractivity contribution < 1.29 is 9.53 Å². The SMILES string of the molecule is CC(C)(C)C(=O)OC(C#N)c1ccc(Cl)cc1. The summed E-state index contributed by atoms with van der Waals surface area (Å²) in [7, 11) is 0. The van der Waals surface area contributed by atoms with Crippen molar-refractivity contribution in [3.63, 3.8) is 0 Å². The van der Waals surface area contributed by atoms with Gasteiger partial charge in [0.25, 0.3) is 0 Å². The lowest BCUT2D eigenvalue weighted by Gasteiger charge is -2.19. The lowest BCUT2D eigenvalue weighted by molar-refractivity contribution is -0.156. The number of carbonyl (C=O) groups excluding carboxylic acids is 1. The molecule has 90 valence electrons. The molecule has 1 aromatic rings. The fourth-order valence-electron chi connectivity index (χ4n) is 1.09. The van der Waals surface area contributed by atoms with Crippen LogP contribution in [0, 0.1) is 16.7 Å². The summed E-state index contributed by atoms with van der Waals surface area (Å²) in [6.07, 6.45) is -0.890. The molecule has 3 nitrogen and oxygen atoms in total. The first-order valence-electron chi connectivity index (χ1n) is 5.21. The summed E-state index contributed by atoms with van der Waals surface area (Å²) in [5.41, 5.74) is -0.00358. The van der Waals surface area contributed by atoms with E-state index in [0.717, 1.165) is 0 Å². The van der Waals surface area contributed by atoms with Crippen LogP contribution < -0.4 is 0 Å². The number of carbonyl (C=O) groups is 1. The molecule has 0 aliphatic heterocycles. The number of halogens is 1. The van der Waals surface area contributed by atoms with Crippen LogP contribution >= 0.6 is 11.6 Å². The molecule has 0 aliphatic carbocycles. The summed E-state index contributed by atoms with van der Waals surface area (Å²) in [6.45, 7) is 5.23. The summed E-state index contributed by atoms with van der Waals surface area (Å²) in [4.78, 5) is 11.7. The molecule has 0 fully saturated rings. The van der Waals surface area contributed by atoms with Gasteiger partial charge in [-0.2, -0.15) is 5.26 Å². The quantitative estimate of drug-likeness (QED) is 0.756. The van der Waals surface area contributed by atoms with E-state index in [1.165, 1.54) is 0 Å². The topological polar surface area (TPSA) is 50.1 Å². The molecular weight excluding hydrogens is 238 g/mol. The van der Waals surface area contributed by atoms with E-state index >= 15 is 0 Å². The first kappa shape index (κ1) is 13.5. The van der Waals surface area contributed by atoms with Crippen LogP contribution in [0.5, 0.6) is 0 Å². The molecule has 0 spiro atoms. The Hall–Kier alpha value is -1.53. The Labute approximate surface area is 106 Å². The van der Waals surface area contributed by atoms with E-state index in [4.69, 9.17) is 21.6 Å². The lowest BCUT2D eigenvalue weighted by atomic mass is 9.97. The van der Waals surface area contributed by atoms with Gasteiger partial charge in [-0.1, -0.05) is 23.7 Å². The standard InChI is InChI=1S/C13H14ClNO2/c1-13(2,3)12(16)17-11(8-15)9-4-6-10(14)7-5-9/h4-7,11H,1-3H3. The Bertz CT molecular complexity index is 440. The predicted octanol–water partition coefficient (Wildman–Crippen LogP) is 3.49. The van der Waals surface area contributed by atoms with E-state index in [0.29, 0.717) is 10.6 Å². The van der Waals surface area contributed by atoms with Gasteiger partial charge in [0.15, 0.2) is 0 Å². The molecule has 4 heteroatoms. The van der Waals surface area contributed by atoms with E-state index in [-0.39, 0.29) is 0 Å². The number of hydrogen-bond acceptors (Lipinski definition) is 3. The van der Waals surface area contributed by atoms with Crippen LogP contribution in [0.4, 0.5) is 0 Å². The maximum absolute atomic E-state index is 11.7. The number of rotatable bonds is 2. The average molecular weight is 252 g/mol. The highest BCUT2D eigenvalue weighted by atomic mass is 35.5. The second kappa shape index (κ2) is 5.20. The summed E-state index contributed by atoms with van der Waals surface area (Å²) >= 11 is 5.75. The van der Waals surface area contributed by atoms with Gasteiger partial charge >= 0.3 is 5.97 Å². The molecule has 0 aliphatic rings. The smallest absolute Gasteiger partial charge is 0.312 e. The highest BCUT2D eigenvalue weighted by molar-refractivity contribution is 6.30. The van der Waals surface area contributed by atoms with E-state index in [2.05, 4.69) is 0 Å². The number of ether oxygens (including phenoxy) is 1. The molecule has 1 atom stereocenters. The summed E-state index contributed by atoms with van der Waals surface area (Å²) in [5.74, 6) is -0.404. The number of benzene rings is 1. The predicted molar refractivity (Wildman–Crippen MR) is 65.4 cm³/mol. The third-order valence-electron chi connectivity index (χ3n) is 2.13. The monoisotopic (exact) mass is 251 g/mol. The molecule has 0 aromatic heterocycles. The molecule has 0 radical (unpaired) electrons. The van der Waals surface area contributed by atoms with E-state index in [1.54, 1.807) is 45.0 Å². The van der Waals surface area contributed by atoms with Crippen molar-refractivity contribution in [2.24, 2.45) is 5.41 Å². The minimum absolute atomic E-state index is 0.404. The highest BCUT2D eigenvalue weighted by Crippen LogP contribution is 2.24. The molecule has 0 heterocycles. The van der Waals surface area contributed by atoms with Crippen molar-refractivity contribution in [3.05, 3.63) is 34.9 Å². The van der Waals surface area contributed by atoms with Gasteiger partial charge in [0.05, 0.1) is 5.41 Å². The van der Waals surface area contributed by atoms with Crippen LogP contribution in [0.25, 0.3) is 0 Å². The third kappa shape index (κ3) is 3.76. The Balaban J connectivity index is 2.84. The molecule has 1 unspecified atom stereocenters. The summed E-state index contributed by atoms with van der Waals surface area (Å²) in [5, 5.41) is 9.58. The van der Waals surface area contributed by atoms with E-state index in [9.17, 15) is 4.79 Å². The second-order valence-corrected chi connectivity index (χ2v) is 5.15. The molecule has 0 saturated carbocycles. The van der Waals surface area contributed by atoms with Crippen LogP contribution in [0.1, 0.15) is 32.4 Å². The molecule has 0 N–H and O–H groups in total. The molecule has 1 rings (SSSR count).